The van der Waals surface area contributed by atoms with Crippen molar-refractivity contribution < 1.29 is 4.74 Å². The molecule has 0 unspecified atom stereocenters. The fourth-order valence-electron chi connectivity index (χ4n) is 0.945. The first-order valence-corrected chi connectivity index (χ1v) is 5.23. The molecule has 0 aliphatic heterocycles. The van der Waals surface area contributed by atoms with Gasteiger partial charge in [-0.2, -0.15) is 5.26 Å². The summed E-state index contributed by atoms with van der Waals surface area (Å²) in [5.74, 6) is 0.866. The van der Waals surface area contributed by atoms with Crippen LogP contribution in [0.1, 0.15) is 6.42 Å². The van der Waals surface area contributed by atoms with Gasteiger partial charge >= 0.3 is 0 Å². The largest absolute Gasteiger partial charge is 0.491 e. The van der Waals surface area contributed by atoms with Crippen molar-refractivity contribution in [1.82, 2.24) is 0 Å². The van der Waals surface area contributed by atoms with E-state index in [1.807, 2.05) is 36.6 Å². The molecular formula is C10H11NOS. The Morgan fingerprint density at radius 2 is 2.23 bits per heavy atom. The molecule has 0 saturated heterocycles. The van der Waals surface area contributed by atoms with Gasteiger partial charge in [-0.15, -0.1) is 11.8 Å². The van der Waals surface area contributed by atoms with Crippen molar-refractivity contribution in [2.75, 3.05) is 12.9 Å². The number of rotatable bonds is 4. The highest BCUT2D eigenvalue weighted by Crippen LogP contribution is 2.26. The molecule has 0 spiro atoms. The third-order valence-corrected chi connectivity index (χ3v) is 2.32. The van der Waals surface area contributed by atoms with E-state index in [9.17, 15) is 0 Å². The number of nitrogens with zero attached hydrogens (tertiary/aromatic N) is 1. The smallest absolute Gasteiger partial charge is 0.132 e. The molecule has 0 radical (unpaired) electrons. The summed E-state index contributed by atoms with van der Waals surface area (Å²) in [5, 5.41) is 8.34. The minimum atomic E-state index is 0.433. The Kier molecular flexibility index (Phi) is 4.20. The van der Waals surface area contributed by atoms with Gasteiger partial charge in [-0.25, -0.2) is 0 Å². The average Bonchev–Trinajstić information content (AvgIpc) is 2.19. The van der Waals surface area contributed by atoms with Crippen LogP contribution in [-0.4, -0.2) is 12.9 Å². The lowest BCUT2D eigenvalue weighted by Crippen LogP contribution is -1.96. The predicted molar refractivity (Wildman–Crippen MR) is 53.9 cm³/mol. The number of hydrogen-bond acceptors (Lipinski definition) is 3. The first kappa shape index (κ1) is 9.94. The third kappa shape index (κ3) is 3.00. The minimum absolute atomic E-state index is 0.433. The van der Waals surface area contributed by atoms with Crippen LogP contribution in [0.25, 0.3) is 0 Å². The number of thioether (sulfide) groups is 1. The molecule has 0 bridgehead atoms. The molecule has 0 N–H and O–H groups in total. The van der Waals surface area contributed by atoms with E-state index >= 15 is 0 Å². The summed E-state index contributed by atoms with van der Waals surface area (Å²) in [6.07, 6.45) is 2.44. The van der Waals surface area contributed by atoms with Crippen LogP contribution in [0.2, 0.25) is 0 Å². The SMILES string of the molecule is CSc1ccccc1OCCC#N. The molecule has 0 heterocycles. The van der Waals surface area contributed by atoms with Gasteiger partial charge in [-0.1, -0.05) is 12.1 Å². The van der Waals surface area contributed by atoms with E-state index in [4.69, 9.17) is 10.00 Å². The molecule has 1 rings (SSSR count). The van der Waals surface area contributed by atoms with Crippen LogP contribution in [0.4, 0.5) is 0 Å². The van der Waals surface area contributed by atoms with Crippen LogP contribution in [0.3, 0.4) is 0 Å². The molecule has 3 heteroatoms. The van der Waals surface area contributed by atoms with Gasteiger partial charge < -0.3 is 4.74 Å². The maximum Gasteiger partial charge on any atom is 0.132 e. The molecule has 0 amide bonds. The number of benzene rings is 1. The van der Waals surface area contributed by atoms with E-state index in [1.165, 1.54) is 0 Å². The average molecular weight is 193 g/mol. The van der Waals surface area contributed by atoms with Crippen molar-refractivity contribution in [2.24, 2.45) is 0 Å². The first-order chi connectivity index (χ1) is 6.38. The van der Waals surface area contributed by atoms with E-state index in [0.717, 1.165) is 10.6 Å². The summed E-state index contributed by atoms with van der Waals surface area (Å²) in [5.41, 5.74) is 0. The normalized spacial score (nSPS) is 9.23. The first-order valence-electron chi connectivity index (χ1n) is 4.01. The summed E-state index contributed by atoms with van der Waals surface area (Å²) in [6.45, 7) is 0.466. The number of hydrogen-bond donors (Lipinski definition) is 0. The van der Waals surface area contributed by atoms with Gasteiger partial charge in [0.15, 0.2) is 0 Å². The van der Waals surface area contributed by atoms with Crippen molar-refractivity contribution in [2.45, 2.75) is 11.3 Å². The van der Waals surface area contributed by atoms with Crippen LogP contribution in [-0.2, 0) is 0 Å². The van der Waals surface area contributed by atoms with Gasteiger partial charge in [0, 0.05) is 4.90 Å². The maximum atomic E-state index is 8.34. The van der Waals surface area contributed by atoms with E-state index in [1.54, 1.807) is 11.8 Å². The van der Waals surface area contributed by atoms with Crippen LogP contribution >= 0.6 is 11.8 Å². The molecule has 0 saturated carbocycles. The zero-order chi connectivity index (χ0) is 9.52. The standard InChI is InChI=1S/C10H11NOS/c1-13-10-6-3-2-5-9(10)12-8-4-7-11/h2-3,5-6H,4,8H2,1H3. The number of ether oxygens (including phenoxy) is 1. The van der Waals surface area contributed by atoms with Crippen molar-refractivity contribution in [3.63, 3.8) is 0 Å². The Morgan fingerprint density at radius 3 is 2.92 bits per heavy atom. The summed E-state index contributed by atoms with van der Waals surface area (Å²) < 4.78 is 5.43. The van der Waals surface area contributed by atoms with Crippen LogP contribution < -0.4 is 4.74 Å². The van der Waals surface area contributed by atoms with Crippen LogP contribution in [0.5, 0.6) is 5.75 Å². The second-order valence-electron chi connectivity index (χ2n) is 2.41. The van der Waals surface area contributed by atoms with E-state index in [2.05, 4.69) is 0 Å². The summed E-state index contributed by atoms with van der Waals surface area (Å²) in [4.78, 5) is 1.11. The number of para-hydroxylation sites is 1. The van der Waals surface area contributed by atoms with Gasteiger partial charge in [0.2, 0.25) is 0 Å². The quantitative estimate of drug-likeness (QED) is 0.544. The molecule has 1 aromatic carbocycles. The Labute approximate surface area is 82.5 Å². The second-order valence-corrected chi connectivity index (χ2v) is 3.26. The van der Waals surface area contributed by atoms with Gasteiger partial charge in [-0.3, -0.25) is 0 Å². The Hall–Kier alpha value is -1.14. The lowest BCUT2D eigenvalue weighted by Gasteiger charge is -2.07. The lowest BCUT2D eigenvalue weighted by atomic mass is 10.3. The molecule has 2 nitrogen and oxygen atoms in total. The fraction of sp³-hybridized carbons (Fsp3) is 0.300. The van der Waals surface area contributed by atoms with Gasteiger partial charge in [0.05, 0.1) is 12.5 Å². The highest BCUT2D eigenvalue weighted by Gasteiger charge is 1.99. The van der Waals surface area contributed by atoms with E-state index in [0.29, 0.717) is 13.0 Å². The molecular weight excluding hydrogens is 182 g/mol. The highest BCUT2D eigenvalue weighted by atomic mass is 32.2. The zero-order valence-corrected chi connectivity index (χ0v) is 8.30. The molecule has 68 valence electrons. The molecule has 0 atom stereocenters. The number of nitriles is 1. The van der Waals surface area contributed by atoms with Crippen molar-refractivity contribution in [3.8, 4) is 11.8 Å². The molecule has 0 aliphatic rings. The molecule has 0 fully saturated rings. The van der Waals surface area contributed by atoms with Gasteiger partial charge in [0.1, 0.15) is 12.4 Å². The van der Waals surface area contributed by atoms with Gasteiger partial charge in [0.25, 0.3) is 0 Å². The van der Waals surface area contributed by atoms with Crippen molar-refractivity contribution in [1.29, 1.82) is 5.26 Å². The highest BCUT2D eigenvalue weighted by molar-refractivity contribution is 7.98. The Balaban J connectivity index is 2.60. The Bertz CT molecular complexity index is 306. The lowest BCUT2D eigenvalue weighted by molar-refractivity contribution is 0.319. The summed E-state index contributed by atoms with van der Waals surface area (Å²) in [7, 11) is 0. The molecule has 0 aromatic heterocycles. The molecule has 1 aromatic rings. The van der Waals surface area contributed by atoms with E-state index < -0.39 is 0 Å². The van der Waals surface area contributed by atoms with Crippen molar-refractivity contribution >= 4 is 11.8 Å². The molecule has 13 heavy (non-hydrogen) atoms. The predicted octanol–water partition coefficient (Wildman–Crippen LogP) is 2.70. The topological polar surface area (TPSA) is 33.0 Å². The van der Waals surface area contributed by atoms with Gasteiger partial charge in [-0.05, 0) is 18.4 Å². The summed E-state index contributed by atoms with van der Waals surface area (Å²) in [6, 6.07) is 9.88. The van der Waals surface area contributed by atoms with E-state index in [-0.39, 0.29) is 0 Å². The van der Waals surface area contributed by atoms with Crippen molar-refractivity contribution in [3.05, 3.63) is 24.3 Å². The summed E-state index contributed by atoms with van der Waals surface area (Å²) >= 11 is 1.65. The third-order valence-electron chi connectivity index (χ3n) is 1.54. The monoisotopic (exact) mass is 193 g/mol. The molecule has 0 aliphatic carbocycles. The fourth-order valence-corrected chi connectivity index (χ4v) is 1.49. The van der Waals surface area contributed by atoms with Crippen LogP contribution in [0.15, 0.2) is 29.2 Å². The Morgan fingerprint density at radius 1 is 1.46 bits per heavy atom. The second kappa shape index (κ2) is 5.50. The zero-order valence-electron chi connectivity index (χ0n) is 7.49. The van der Waals surface area contributed by atoms with Crippen LogP contribution in [0, 0.1) is 11.3 Å². The maximum absolute atomic E-state index is 8.34. The minimum Gasteiger partial charge on any atom is -0.491 e.